The standard InChI is InChI=1S/C21H20ClN5O/c22-16-3-5-18(6-4-16)26-21-23-13-15(14-24-21)20(28)25-17-7-9-19(10-8-17)27-11-1-2-12-27/h3-10,13-14H,1-2,11-12H2,(H,25,28)(H,23,24,26). The first kappa shape index (κ1) is 18.3. The molecule has 7 heteroatoms. The largest absolute Gasteiger partial charge is 0.372 e. The van der Waals surface area contributed by atoms with Gasteiger partial charge < -0.3 is 15.5 Å². The first-order chi connectivity index (χ1) is 13.7. The van der Waals surface area contributed by atoms with Crippen LogP contribution in [0.2, 0.25) is 5.02 Å². The molecule has 1 aliphatic rings. The summed E-state index contributed by atoms with van der Waals surface area (Å²) in [5.74, 6) is 0.167. The van der Waals surface area contributed by atoms with Gasteiger partial charge in [0.15, 0.2) is 0 Å². The number of benzene rings is 2. The summed E-state index contributed by atoms with van der Waals surface area (Å²) >= 11 is 5.87. The van der Waals surface area contributed by atoms with Crippen molar-refractivity contribution in [2.24, 2.45) is 0 Å². The molecule has 6 nitrogen and oxygen atoms in total. The Hall–Kier alpha value is -3.12. The van der Waals surface area contributed by atoms with Gasteiger partial charge in [0.05, 0.1) is 5.56 Å². The molecule has 1 amide bonds. The third kappa shape index (κ3) is 4.40. The van der Waals surface area contributed by atoms with Gasteiger partial charge in [-0.3, -0.25) is 4.79 Å². The molecule has 2 heterocycles. The molecule has 2 aromatic carbocycles. The maximum Gasteiger partial charge on any atom is 0.258 e. The summed E-state index contributed by atoms with van der Waals surface area (Å²) in [4.78, 5) is 23.2. The van der Waals surface area contributed by atoms with Crippen LogP contribution in [0.1, 0.15) is 23.2 Å². The lowest BCUT2D eigenvalue weighted by molar-refractivity contribution is 0.102. The Bertz CT molecular complexity index is 936. The number of hydrogen-bond donors (Lipinski definition) is 2. The van der Waals surface area contributed by atoms with Crippen LogP contribution >= 0.6 is 11.6 Å². The SMILES string of the molecule is O=C(Nc1ccc(N2CCCC2)cc1)c1cnc(Nc2ccc(Cl)cc2)nc1. The number of nitrogens with zero attached hydrogens (tertiary/aromatic N) is 3. The highest BCUT2D eigenvalue weighted by atomic mass is 35.5. The van der Waals surface area contributed by atoms with Gasteiger partial charge in [-0.1, -0.05) is 11.6 Å². The van der Waals surface area contributed by atoms with Crippen molar-refractivity contribution in [2.45, 2.75) is 12.8 Å². The molecule has 1 aromatic heterocycles. The van der Waals surface area contributed by atoms with E-state index in [-0.39, 0.29) is 5.91 Å². The van der Waals surface area contributed by atoms with Gasteiger partial charge in [-0.2, -0.15) is 0 Å². The van der Waals surface area contributed by atoms with Gasteiger partial charge in [0.1, 0.15) is 0 Å². The van der Waals surface area contributed by atoms with E-state index in [1.807, 2.05) is 36.4 Å². The van der Waals surface area contributed by atoms with Gasteiger partial charge in [-0.15, -0.1) is 0 Å². The van der Waals surface area contributed by atoms with E-state index >= 15 is 0 Å². The lowest BCUT2D eigenvalue weighted by atomic mass is 10.2. The van der Waals surface area contributed by atoms with Crippen molar-refractivity contribution in [3.63, 3.8) is 0 Å². The van der Waals surface area contributed by atoms with Gasteiger partial charge in [-0.05, 0) is 61.4 Å². The molecule has 0 spiro atoms. The lowest BCUT2D eigenvalue weighted by Gasteiger charge is -2.17. The molecule has 0 aliphatic carbocycles. The molecular formula is C21H20ClN5O. The van der Waals surface area contributed by atoms with Crippen LogP contribution < -0.4 is 15.5 Å². The normalized spacial score (nSPS) is 13.4. The second-order valence-corrected chi connectivity index (χ2v) is 7.06. The third-order valence-electron chi connectivity index (χ3n) is 4.61. The molecule has 3 aromatic rings. The van der Waals surface area contributed by atoms with E-state index < -0.39 is 0 Å². The Labute approximate surface area is 168 Å². The zero-order valence-corrected chi connectivity index (χ0v) is 16.0. The molecule has 4 rings (SSSR count). The molecule has 1 aliphatic heterocycles. The van der Waals surface area contributed by atoms with Crippen LogP contribution in [0.3, 0.4) is 0 Å². The molecule has 28 heavy (non-hydrogen) atoms. The summed E-state index contributed by atoms with van der Waals surface area (Å²) in [7, 11) is 0. The zero-order chi connectivity index (χ0) is 19.3. The van der Waals surface area contributed by atoms with Crippen LogP contribution in [0.5, 0.6) is 0 Å². The summed E-state index contributed by atoms with van der Waals surface area (Å²) in [6.45, 7) is 2.19. The Balaban J connectivity index is 1.37. The van der Waals surface area contributed by atoms with E-state index in [0.717, 1.165) is 24.5 Å². The van der Waals surface area contributed by atoms with Crippen LogP contribution in [0.4, 0.5) is 23.0 Å². The van der Waals surface area contributed by atoms with E-state index in [0.29, 0.717) is 16.5 Å². The predicted molar refractivity (Wildman–Crippen MR) is 113 cm³/mol. The lowest BCUT2D eigenvalue weighted by Crippen LogP contribution is -2.17. The average Bonchev–Trinajstić information content (AvgIpc) is 3.26. The van der Waals surface area contributed by atoms with E-state index in [1.54, 1.807) is 12.1 Å². The van der Waals surface area contributed by atoms with Crippen molar-refractivity contribution in [3.8, 4) is 0 Å². The monoisotopic (exact) mass is 393 g/mol. The summed E-state index contributed by atoms with van der Waals surface area (Å²) in [5, 5.41) is 6.60. The topological polar surface area (TPSA) is 70.2 Å². The van der Waals surface area contributed by atoms with Gasteiger partial charge in [-0.25, -0.2) is 9.97 Å². The highest BCUT2D eigenvalue weighted by Gasteiger charge is 2.13. The number of anilines is 4. The highest BCUT2D eigenvalue weighted by Crippen LogP contribution is 2.22. The smallest absolute Gasteiger partial charge is 0.258 e. The molecule has 0 atom stereocenters. The third-order valence-corrected chi connectivity index (χ3v) is 4.86. The maximum atomic E-state index is 12.4. The Kier molecular flexibility index (Phi) is 5.39. The number of carbonyl (C=O) groups excluding carboxylic acids is 1. The van der Waals surface area contributed by atoms with E-state index in [1.165, 1.54) is 30.9 Å². The van der Waals surface area contributed by atoms with E-state index in [9.17, 15) is 4.79 Å². The zero-order valence-electron chi connectivity index (χ0n) is 15.2. The first-order valence-electron chi connectivity index (χ1n) is 9.18. The predicted octanol–water partition coefficient (Wildman–Crippen LogP) is 4.73. The van der Waals surface area contributed by atoms with Crippen molar-refractivity contribution >= 4 is 40.5 Å². The van der Waals surface area contributed by atoms with Crippen molar-refractivity contribution in [1.29, 1.82) is 0 Å². The maximum absolute atomic E-state index is 12.4. The molecule has 2 N–H and O–H groups in total. The molecule has 0 bridgehead atoms. The summed E-state index contributed by atoms with van der Waals surface area (Å²) < 4.78 is 0. The van der Waals surface area contributed by atoms with Crippen LogP contribution in [0.15, 0.2) is 60.9 Å². The molecule has 0 unspecified atom stereocenters. The van der Waals surface area contributed by atoms with E-state index in [2.05, 4.69) is 25.5 Å². The van der Waals surface area contributed by atoms with Crippen molar-refractivity contribution in [2.75, 3.05) is 28.6 Å². The highest BCUT2D eigenvalue weighted by molar-refractivity contribution is 6.30. The number of carbonyl (C=O) groups is 1. The molecule has 1 fully saturated rings. The van der Waals surface area contributed by atoms with E-state index in [4.69, 9.17) is 11.6 Å². The minimum Gasteiger partial charge on any atom is -0.372 e. The van der Waals surface area contributed by atoms with Gasteiger partial charge in [0.2, 0.25) is 5.95 Å². The number of nitrogens with one attached hydrogen (secondary N) is 2. The fourth-order valence-corrected chi connectivity index (χ4v) is 3.23. The second-order valence-electron chi connectivity index (χ2n) is 6.62. The number of aromatic nitrogens is 2. The first-order valence-corrected chi connectivity index (χ1v) is 9.56. The molecule has 142 valence electrons. The fourth-order valence-electron chi connectivity index (χ4n) is 3.11. The van der Waals surface area contributed by atoms with Crippen LogP contribution in [-0.4, -0.2) is 29.0 Å². The Morgan fingerprint density at radius 1 is 0.893 bits per heavy atom. The van der Waals surface area contributed by atoms with Gasteiger partial charge >= 0.3 is 0 Å². The van der Waals surface area contributed by atoms with Gasteiger partial charge in [0, 0.05) is 47.6 Å². The number of halogens is 1. The molecule has 0 radical (unpaired) electrons. The number of hydrogen-bond acceptors (Lipinski definition) is 5. The van der Waals surface area contributed by atoms with Crippen molar-refractivity contribution in [1.82, 2.24) is 9.97 Å². The molecule has 0 saturated carbocycles. The van der Waals surface area contributed by atoms with Crippen LogP contribution in [0.25, 0.3) is 0 Å². The minimum atomic E-state index is -0.244. The summed E-state index contributed by atoms with van der Waals surface area (Å²) in [6, 6.07) is 15.1. The van der Waals surface area contributed by atoms with Crippen LogP contribution in [-0.2, 0) is 0 Å². The Morgan fingerprint density at radius 2 is 1.50 bits per heavy atom. The minimum absolute atomic E-state index is 0.244. The average molecular weight is 394 g/mol. The van der Waals surface area contributed by atoms with Gasteiger partial charge in [0.25, 0.3) is 5.91 Å². The number of amides is 1. The second kappa shape index (κ2) is 8.27. The fraction of sp³-hybridized carbons (Fsp3) is 0.190. The summed E-state index contributed by atoms with van der Waals surface area (Å²) in [5.41, 5.74) is 3.15. The molecule has 1 saturated heterocycles. The quantitative estimate of drug-likeness (QED) is 0.656. The Morgan fingerprint density at radius 3 is 2.14 bits per heavy atom. The van der Waals surface area contributed by atoms with Crippen molar-refractivity contribution in [3.05, 3.63) is 71.5 Å². The molecular weight excluding hydrogens is 374 g/mol. The summed E-state index contributed by atoms with van der Waals surface area (Å²) in [6.07, 6.45) is 5.47. The van der Waals surface area contributed by atoms with Crippen molar-refractivity contribution < 1.29 is 4.79 Å². The number of rotatable bonds is 5. The van der Waals surface area contributed by atoms with Crippen LogP contribution in [0, 0.1) is 0 Å².